The summed E-state index contributed by atoms with van der Waals surface area (Å²) in [6.07, 6.45) is -2.77. The standard InChI is InChI=1S/C21H21Cl2F3N4O/c22-16-3-1-14(2-4-16)20(31)29-9-7-28(8-10-29)17-5-6-30(13-17)19-18(23)11-15(12-27-19)21(24,25)26/h1-4,11-12,17H,5-10,13H2. The molecule has 31 heavy (non-hydrogen) atoms. The molecule has 4 rings (SSSR count). The van der Waals surface area contributed by atoms with Crippen molar-refractivity contribution in [3.63, 3.8) is 0 Å². The van der Waals surface area contributed by atoms with Crippen LogP contribution in [0.3, 0.4) is 0 Å². The van der Waals surface area contributed by atoms with Gasteiger partial charge in [0.25, 0.3) is 5.91 Å². The van der Waals surface area contributed by atoms with Crippen LogP contribution in [0.15, 0.2) is 36.5 Å². The second-order valence-corrected chi connectivity index (χ2v) is 8.59. The maximum Gasteiger partial charge on any atom is 0.417 e. The molecule has 0 radical (unpaired) electrons. The van der Waals surface area contributed by atoms with Crippen LogP contribution >= 0.6 is 23.2 Å². The molecular formula is C21H21Cl2F3N4O. The fraction of sp³-hybridized carbons (Fsp3) is 0.429. The van der Waals surface area contributed by atoms with Gasteiger partial charge in [-0.25, -0.2) is 4.98 Å². The van der Waals surface area contributed by atoms with Crippen molar-refractivity contribution in [3.05, 3.63) is 57.7 Å². The van der Waals surface area contributed by atoms with E-state index in [9.17, 15) is 18.0 Å². The molecule has 0 saturated carbocycles. The molecule has 2 saturated heterocycles. The smallest absolute Gasteiger partial charge is 0.354 e. The SMILES string of the molecule is O=C(c1ccc(Cl)cc1)N1CCN(C2CCN(c3ncc(C(F)(F)F)cc3Cl)C2)CC1. The fourth-order valence-electron chi connectivity index (χ4n) is 4.12. The lowest BCUT2D eigenvalue weighted by Gasteiger charge is -2.38. The average Bonchev–Trinajstić information content (AvgIpc) is 3.23. The van der Waals surface area contributed by atoms with Gasteiger partial charge in [-0.2, -0.15) is 13.2 Å². The number of hydrogen-bond donors (Lipinski definition) is 0. The number of piperazine rings is 1. The molecule has 0 spiro atoms. The molecule has 2 fully saturated rings. The largest absolute Gasteiger partial charge is 0.417 e. The number of carbonyl (C=O) groups is 1. The van der Waals surface area contributed by atoms with Crippen LogP contribution in [-0.4, -0.2) is 66.0 Å². The molecule has 1 unspecified atom stereocenters. The predicted octanol–water partition coefficient (Wildman–Crippen LogP) is 4.44. The van der Waals surface area contributed by atoms with Gasteiger partial charge in [0.15, 0.2) is 0 Å². The first-order valence-electron chi connectivity index (χ1n) is 9.99. The molecule has 2 aliphatic heterocycles. The third-order valence-corrected chi connectivity index (χ3v) is 6.35. The Labute approximate surface area is 188 Å². The predicted molar refractivity (Wildman–Crippen MR) is 114 cm³/mol. The van der Waals surface area contributed by atoms with Crippen LogP contribution in [0.1, 0.15) is 22.3 Å². The first-order chi connectivity index (χ1) is 14.7. The van der Waals surface area contributed by atoms with Gasteiger partial charge < -0.3 is 9.80 Å². The number of aromatic nitrogens is 1. The van der Waals surface area contributed by atoms with Gasteiger partial charge in [-0.15, -0.1) is 0 Å². The summed E-state index contributed by atoms with van der Waals surface area (Å²) in [4.78, 5) is 22.7. The minimum Gasteiger partial charge on any atom is -0.354 e. The van der Waals surface area contributed by atoms with Crippen molar-refractivity contribution in [1.82, 2.24) is 14.8 Å². The van der Waals surface area contributed by atoms with Crippen LogP contribution in [0.2, 0.25) is 10.0 Å². The first kappa shape index (κ1) is 22.2. The molecule has 0 bridgehead atoms. The minimum atomic E-state index is -4.47. The lowest BCUT2D eigenvalue weighted by molar-refractivity contribution is -0.137. The summed E-state index contributed by atoms with van der Waals surface area (Å²) in [5.41, 5.74) is -0.230. The van der Waals surface area contributed by atoms with Crippen LogP contribution < -0.4 is 4.90 Å². The van der Waals surface area contributed by atoms with Crippen LogP contribution in [-0.2, 0) is 6.18 Å². The lowest BCUT2D eigenvalue weighted by Crippen LogP contribution is -2.52. The summed E-state index contributed by atoms with van der Waals surface area (Å²) in [5.74, 6) is 0.374. The number of carbonyl (C=O) groups excluding carboxylic acids is 1. The highest BCUT2D eigenvalue weighted by molar-refractivity contribution is 6.33. The van der Waals surface area contributed by atoms with Crippen molar-refractivity contribution < 1.29 is 18.0 Å². The molecule has 1 atom stereocenters. The Morgan fingerprint density at radius 3 is 2.32 bits per heavy atom. The van der Waals surface area contributed by atoms with E-state index in [0.717, 1.165) is 31.8 Å². The first-order valence-corrected chi connectivity index (χ1v) is 10.7. The minimum absolute atomic E-state index is 0.00820. The van der Waals surface area contributed by atoms with Gasteiger partial charge >= 0.3 is 6.18 Å². The molecule has 1 amide bonds. The van der Waals surface area contributed by atoms with E-state index >= 15 is 0 Å². The van der Waals surface area contributed by atoms with E-state index in [2.05, 4.69) is 9.88 Å². The summed E-state index contributed by atoms with van der Waals surface area (Å²) in [7, 11) is 0. The van der Waals surface area contributed by atoms with Gasteiger partial charge in [-0.1, -0.05) is 23.2 Å². The van der Waals surface area contributed by atoms with Gasteiger partial charge in [0.05, 0.1) is 10.6 Å². The highest BCUT2D eigenvalue weighted by Crippen LogP contribution is 2.34. The monoisotopic (exact) mass is 472 g/mol. The number of hydrogen-bond acceptors (Lipinski definition) is 4. The van der Waals surface area contributed by atoms with E-state index in [-0.39, 0.29) is 17.0 Å². The van der Waals surface area contributed by atoms with Gasteiger partial charge in [-0.05, 0) is 36.8 Å². The van der Waals surface area contributed by atoms with E-state index in [1.54, 1.807) is 24.3 Å². The molecule has 2 aliphatic rings. The normalized spacial score (nSPS) is 20.4. The third-order valence-electron chi connectivity index (χ3n) is 5.82. The van der Waals surface area contributed by atoms with Crippen molar-refractivity contribution in [1.29, 1.82) is 0 Å². The third kappa shape index (κ3) is 4.91. The molecule has 166 valence electrons. The Bertz CT molecular complexity index is 947. The lowest BCUT2D eigenvalue weighted by atomic mass is 10.1. The van der Waals surface area contributed by atoms with Crippen molar-refractivity contribution in [3.8, 4) is 0 Å². The van der Waals surface area contributed by atoms with Gasteiger partial charge in [0.2, 0.25) is 0 Å². The maximum atomic E-state index is 12.8. The number of nitrogens with zero attached hydrogens (tertiary/aromatic N) is 4. The molecule has 1 aromatic carbocycles. The number of rotatable bonds is 3. The molecule has 2 aromatic rings. The Morgan fingerprint density at radius 1 is 1.03 bits per heavy atom. The van der Waals surface area contributed by atoms with E-state index in [0.29, 0.717) is 42.6 Å². The van der Waals surface area contributed by atoms with E-state index in [1.807, 2.05) is 9.80 Å². The second-order valence-electron chi connectivity index (χ2n) is 7.75. The quantitative estimate of drug-likeness (QED) is 0.661. The van der Waals surface area contributed by atoms with Crippen LogP contribution in [0, 0.1) is 0 Å². The van der Waals surface area contributed by atoms with Gasteiger partial charge in [-0.3, -0.25) is 9.69 Å². The number of amides is 1. The molecule has 0 N–H and O–H groups in total. The Kier molecular flexibility index (Phi) is 6.32. The van der Waals surface area contributed by atoms with Crippen molar-refractivity contribution in [2.75, 3.05) is 44.2 Å². The summed E-state index contributed by atoms with van der Waals surface area (Å²) >= 11 is 12.0. The number of alkyl halides is 3. The molecule has 10 heteroatoms. The summed E-state index contributed by atoms with van der Waals surface area (Å²) in [6, 6.07) is 8.04. The molecular weight excluding hydrogens is 452 g/mol. The van der Waals surface area contributed by atoms with E-state index in [4.69, 9.17) is 23.2 Å². The molecule has 1 aromatic heterocycles. The fourth-order valence-corrected chi connectivity index (χ4v) is 4.53. The van der Waals surface area contributed by atoms with Crippen LogP contribution in [0.25, 0.3) is 0 Å². The van der Waals surface area contributed by atoms with E-state index in [1.165, 1.54) is 0 Å². The number of anilines is 1. The van der Waals surface area contributed by atoms with Gasteiger partial charge in [0, 0.05) is 62.1 Å². The van der Waals surface area contributed by atoms with Crippen molar-refractivity contribution >= 4 is 34.9 Å². The van der Waals surface area contributed by atoms with Crippen LogP contribution in [0.4, 0.5) is 19.0 Å². The number of halogens is 5. The van der Waals surface area contributed by atoms with Crippen LogP contribution in [0.5, 0.6) is 0 Å². The summed E-state index contributed by atoms with van der Waals surface area (Å²) < 4.78 is 38.5. The molecule has 0 aliphatic carbocycles. The molecule has 3 heterocycles. The zero-order valence-corrected chi connectivity index (χ0v) is 18.1. The molecule has 5 nitrogen and oxygen atoms in total. The number of pyridine rings is 1. The zero-order valence-electron chi connectivity index (χ0n) is 16.6. The van der Waals surface area contributed by atoms with Crippen molar-refractivity contribution in [2.24, 2.45) is 0 Å². The number of benzene rings is 1. The second kappa shape index (κ2) is 8.84. The van der Waals surface area contributed by atoms with E-state index < -0.39 is 11.7 Å². The summed E-state index contributed by atoms with van der Waals surface area (Å²) in [5, 5.41) is 0.601. The Hall–Kier alpha value is -2.03. The maximum absolute atomic E-state index is 12.8. The average molecular weight is 473 g/mol. The van der Waals surface area contributed by atoms with Gasteiger partial charge in [0.1, 0.15) is 5.82 Å². The highest BCUT2D eigenvalue weighted by atomic mass is 35.5. The Balaban J connectivity index is 1.34. The van der Waals surface area contributed by atoms with Crippen molar-refractivity contribution in [2.45, 2.75) is 18.6 Å². The topological polar surface area (TPSA) is 39.7 Å². The highest BCUT2D eigenvalue weighted by Gasteiger charge is 2.35. The Morgan fingerprint density at radius 2 is 1.71 bits per heavy atom. The summed E-state index contributed by atoms with van der Waals surface area (Å²) in [6.45, 7) is 4.04. The zero-order chi connectivity index (χ0) is 22.2.